The molecule has 0 atom stereocenters. The van der Waals surface area contributed by atoms with Gasteiger partial charge in [-0.2, -0.15) is 4.98 Å². The van der Waals surface area contributed by atoms with Crippen molar-refractivity contribution in [2.45, 2.75) is 20.8 Å². The number of amides is 1. The van der Waals surface area contributed by atoms with Crippen molar-refractivity contribution < 1.29 is 4.79 Å². The van der Waals surface area contributed by atoms with E-state index >= 15 is 0 Å². The molecule has 1 aromatic heterocycles. The zero-order valence-electron chi connectivity index (χ0n) is 16.7. The van der Waals surface area contributed by atoms with E-state index in [4.69, 9.17) is 0 Å². The SMILES string of the molecule is CCN(CC)c1cc(C)nc(Nc2ccc(NC(=O)c3cccc(I)c3)cc2)n1. The first-order valence-electron chi connectivity index (χ1n) is 9.53. The van der Waals surface area contributed by atoms with E-state index < -0.39 is 0 Å². The summed E-state index contributed by atoms with van der Waals surface area (Å²) in [5, 5.41) is 6.16. The maximum absolute atomic E-state index is 12.4. The molecule has 1 amide bonds. The van der Waals surface area contributed by atoms with Crippen LogP contribution in [0.25, 0.3) is 0 Å². The maximum atomic E-state index is 12.4. The van der Waals surface area contributed by atoms with Crippen LogP contribution in [0.1, 0.15) is 29.9 Å². The minimum Gasteiger partial charge on any atom is -0.357 e. The van der Waals surface area contributed by atoms with Crippen molar-refractivity contribution in [1.29, 1.82) is 0 Å². The highest BCUT2D eigenvalue weighted by Gasteiger charge is 2.09. The normalized spacial score (nSPS) is 10.5. The monoisotopic (exact) mass is 501 g/mol. The summed E-state index contributed by atoms with van der Waals surface area (Å²) in [6.07, 6.45) is 0. The van der Waals surface area contributed by atoms with Crippen LogP contribution in [0.15, 0.2) is 54.6 Å². The molecule has 2 N–H and O–H groups in total. The van der Waals surface area contributed by atoms with E-state index in [0.717, 1.165) is 39.5 Å². The van der Waals surface area contributed by atoms with E-state index in [1.54, 1.807) is 6.07 Å². The molecule has 1 heterocycles. The second-order valence-corrected chi connectivity index (χ2v) is 7.78. The first kappa shape index (κ1) is 21.0. The Morgan fingerprint density at radius 1 is 1.00 bits per heavy atom. The van der Waals surface area contributed by atoms with Crippen molar-refractivity contribution in [3.8, 4) is 0 Å². The third-order valence-electron chi connectivity index (χ3n) is 4.41. The molecule has 6 nitrogen and oxygen atoms in total. The van der Waals surface area contributed by atoms with Crippen LogP contribution in [0.5, 0.6) is 0 Å². The second kappa shape index (κ2) is 9.69. The van der Waals surface area contributed by atoms with Crippen molar-refractivity contribution >= 4 is 51.6 Å². The Labute approximate surface area is 184 Å². The first-order chi connectivity index (χ1) is 14.0. The number of rotatable bonds is 7. The lowest BCUT2D eigenvalue weighted by Crippen LogP contribution is -2.23. The van der Waals surface area contributed by atoms with Crippen LogP contribution in [0, 0.1) is 10.5 Å². The first-order valence-corrected chi connectivity index (χ1v) is 10.6. The third kappa shape index (κ3) is 5.66. The summed E-state index contributed by atoms with van der Waals surface area (Å²) in [7, 11) is 0. The number of halogens is 1. The van der Waals surface area contributed by atoms with E-state index in [1.165, 1.54) is 0 Å². The predicted molar refractivity (Wildman–Crippen MR) is 127 cm³/mol. The van der Waals surface area contributed by atoms with Gasteiger partial charge in [0.15, 0.2) is 0 Å². The Hall–Kier alpha value is -2.68. The van der Waals surface area contributed by atoms with Gasteiger partial charge in [0.05, 0.1) is 0 Å². The number of anilines is 4. The lowest BCUT2D eigenvalue weighted by molar-refractivity contribution is 0.102. The Balaban J connectivity index is 1.70. The largest absolute Gasteiger partial charge is 0.357 e. The smallest absolute Gasteiger partial charge is 0.255 e. The van der Waals surface area contributed by atoms with Gasteiger partial charge in [0.1, 0.15) is 5.82 Å². The molecule has 0 radical (unpaired) electrons. The number of benzene rings is 2. The lowest BCUT2D eigenvalue weighted by atomic mass is 10.2. The molecule has 0 bridgehead atoms. The van der Waals surface area contributed by atoms with Gasteiger partial charge in [0.25, 0.3) is 5.91 Å². The zero-order valence-corrected chi connectivity index (χ0v) is 18.9. The predicted octanol–water partition coefficient (Wildman–Crippen LogP) is 5.23. The minimum atomic E-state index is -0.130. The summed E-state index contributed by atoms with van der Waals surface area (Å²) in [5.74, 6) is 1.34. The van der Waals surface area contributed by atoms with E-state index in [1.807, 2.05) is 55.5 Å². The molecular weight excluding hydrogens is 477 g/mol. The van der Waals surface area contributed by atoms with Crippen LogP contribution < -0.4 is 15.5 Å². The Morgan fingerprint density at radius 2 is 1.69 bits per heavy atom. The quantitative estimate of drug-likeness (QED) is 0.434. The van der Waals surface area contributed by atoms with Gasteiger partial charge in [-0.15, -0.1) is 0 Å². The van der Waals surface area contributed by atoms with Gasteiger partial charge >= 0.3 is 0 Å². The second-order valence-electron chi connectivity index (χ2n) is 6.53. The number of aromatic nitrogens is 2. The number of carbonyl (C=O) groups is 1. The molecule has 0 unspecified atom stereocenters. The van der Waals surface area contributed by atoms with Crippen molar-refractivity contribution in [2.24, 2.45) is 0 Å². The number of aryl methyl sites for hydroxylation is 1. The summed E-state index contributed by atoms with van der Waals surface area (Å²) in [6.45, 7) is 7.96. The van der Waals surface area contributed by atoms with E-state index in [-0.39, 0.29) is 5.91 Å². The minimum absolute atomic E-state index is 0.130. The van der Waals surface area contributed by atoms with Gasteiger partial charge < -0.3 is 15.5 Å². The van der Waals surface area contributed by atoms with E-state index in [9.17, 15) is 4.79 Å². The van der Waals surface area contributed by atoms with Crippen LogP contribution in [-0.2, 0) is 0 Å². The highest BCUT2D eigenvalue weighted by molar-refractivity contribution is 14.1. The summed E-state index contributed by atoms with van der Waals surface area (Å²) >= 11 is 2.19. The van der Waals surface area contributed by atoms with E-state index in [2.05, 4.69) is 61.9 Å². The van der Waals surface area contributed by atoms with Crippen LogP contribution in [0.3, 0.4) is 0 Å². The molecular formula is C22H24IN5O. The number of carbonyl (C=O) groups excluding carboxylic acids is 1. The van der Waals surface area contributed by atoms with Gasteiger partial charge in [-0.3, -0.25) is 4.79 Å². The average Bonchev–Trinajstić information content (AvgIpc) is 2.70. The fourth-order valence-electron chi connectivity index (χ4n) is 2.92. The average molecular weight is 501 g/mol. The fourth-order valence-corrected chi connectivity index (χ4v) is 3.46. The lowest BCUT2D eigenvalue weighted by Gasteiger charge is -2.20. The molecule has 0 aliphatic rings. The Kier molecular flexibility index (Phi) is 7.03. The maximum Gasteiger partial charge on any atom is 0.255 e. The Bertz CT molecular complexity index is 987. The molecule has 150 valence electrons. The summed E-state index contributed by atoms with van der Waals surface area (Å²) in [6, 6.07) is 17.0. The molecule has 0 spiro atoms. The molecule has 0 saturated carbocycles. The van der Waals surface area contributed by atoms with Crippen LogP contribution in [-0.4, -0.2) is 29.0 Å². The molecule has 0 fully saturated rings. The Morgan fingerprint density at radius 3 is 2.34 bits per heavy atom. The van der Waals surface area contributed by atoms with Crippen molar-refractivity contribution in [1.82, 2.24) is 9.97 Å². The molecule has 0 aliphatic heterocycles. The standard InChI is InChI=1S/C22H24IN5O/c1-4-28(5-2)20-13-15(3)24-22(27-20)26-19-11-9-18(10-12-19)25-21(29)16-7-6-8-17(23)14-16/h6-14H,4-5H2,1-3H3,(H,25,29)(H,24,26,27). The molecule has 0 saturated heterocycles. The number of nitrogens with one attached hydrogen (secondary N) is 2. The van der Waals surface area contributed by atoms with Gasteiger partial charge in [-0.1, -0.05) is 6.07 Å². The van der Waals surface area contributed by atoms with Gasteiger partial charge in [-0.05, 0) is 85.8 Å². The molecule has 2 aromatic carbocycles. The highest BCUT2D eigenvalue weighted by Crippen LogP contribution is 2.20. The number of hydrogen-bond donors (Lipinski definition) is 2. The molecule has 3 rings (SSSR count). The fraction of sp³-hybridized carbons (Fsp3) is 0.227. The number of hydrogen-bond acceptors (Lipinski definition) is 5. The van der Waals surface area contributed by atoms with Crippen LogP contribution >= 0.6 is 22.6 Å². The summed E-state index contributed by atoms with van der Waals surface area (Å²) in [5.41, 5.74) is 3.13. The van der Waals surface area contributed by atoms with Crippen molar-refractivity contribution in [2.75, 3.05) is 28.6 Å². The van der Waals surface area contributed by atoms with Crippen LogP contribution in [0.4, 0.5) is 23.1 Å². The molecule has 3 aromatic rings. The third-order valence-corrected chi connectivity index (χ3v) is 5.08. The zero-order chi connectivity index (χ0) is 20.8. The topological polar surface area (TPSA) is 70.2 Å². The molecule has 7 heteroatoms. The summed E-state index contributed by atoms with van der Waals surface area (Å²) < 4.78 is 1.03. The number of nitrogens with zero attached hydrogens (tertiary/aromatic N) is 3. The van der Waals surface area contributed by atoms with E-state index in [0.29, 0.717) is 11.5 Å². The van der Waals surface area contributed by atoms with Crippen molar-refractivity contribution in [3.05, 3.63) is 69.4 Å². The van der Waals surface area contributed by atoms with Gasteiger partial charge in [-0.25, -0.2) is 4.98 Å². The van der Waals surface area contributed by atoms with Gasteiger partial charge in [0.2, 0.25) is 5.95 Å². The summed E-state index contributed by atoms with van der Waals surface area (Å²) in [4.78, 5) is 23.7. The van der Waals surface area contributed by atoms with Crippen molar-refractivity contribution in [3.63, 3.8) is 0 Å². The van der Waals surface area contributed by atoms with Crippen LogP contribution in [0.2, 0.25) is 0 Å². The van der Waals surface area contributed by atoms with Gasteiger partial charge in [0, 0.05) is 45.4 Å². The highest BCUT2D eigenvalue weighted by atomic mass is 127. The molecule has 29 heavy (non-hydrogen) atoms. The molecule has 0 aliphatic carbocycles.